The summed E-state index contributed by atoms with van der Waals surface area (Å²) in [5.74, 6) is 3.80. The van der Waals surface area contributed by atoms with E-state index < -0.39 is 0 Å². The Balaban J connectivity index is 1.82. The normalized spacial score (nSPS) is 47.2. The van der Waals surface area contributed by atoms with Crippen molar-refractivity contribution in [2.75, 3.05) is 7.05 Å². The maximum atomic E-state index is 5.43. The van der Waals surface area contributed by atoms with E-state index in [1.165, 1.54) is 51.4 Å². The van der Waals surface area contributed by atoms with Crippen molar-refractivity contribution < 1.29 is 0 Å². The van der Waals surface area contributed by atoms with Gasteiger partial charge in [-0.15, -0.1) is 12.3 Å². The highest BCUT2D eigenvalue weighted by atomic mass is 14.9. The average molecular weight is 273 g/mol. The van der Waals surface area contributed by atoms with Gasteiger partial charge in [-0.1, -0.05) is 13.8 Å². The lowest BCUT2D eigenvalue weighted by Gasteiger charge is -2.67. The number of unbranched alkanes of at least 4 members (excludes halogenated alkanes) is 1. The maximum Gasteiger partial charge on any atom is 0.0121 e. The zero-order valence-electron chi connectivity index (χ0n) is 13.6. The molecule has 0 aromatic carbocycles. The Labute approximate surface area is 125 Å². The molecule has 0 amide bonds. The monoisotopic (exact) mass is 273 g/mol. The van der Waals surface area contributed by atoms with E-state index in [9.17, 15) is 0 Å². The molecule has 0 aromatic heterocycles. The fourth-order valence-corrected chi connectivity index (χ4v) is 7.09. The molecule has 4 fully saturated rings. The summed E-state index contributed by atoms with van der Waals surface area (Å²) in [6.07, 6.45) is 17.6. The van der Waals surface area contributed by atoms with Crippen molar-refractivity contribution >= 4 is 0 Å². The highest BCUT2D eigenvalue weighted by Crippen LogP contribution is 2.70. The van der Waals surface area contributed by atoms with Crippen LogP contribution in [0.4, 0.5) is 0 Å². The van der Waals surface area contributed by atoms with Crippen molar-refractivity contribution in [1.29, 1.82) is 0 Å². The van der Waals surface area contributed by atoms with E-state index in [0.29, 0.717) is 22.3 Å². The van der Waals surface area contributed by atoms with E-state index in [1.54, 1.807) is 0 Å². The first kappa shape index (κ1) is 14.5. The zero-order valence-corrected chi connectivity index (χ0v) is 13.6. The molecule has 20 heavy (non-hydrogen) atoms. The second-order valence-electron chi connectivity index (χ2n) is 8.93. The van der Waals surface area contributed by atoms with Crippen LogP contribution in [0.25, 0.3) is 0 Å². The molecule has 4 rings (SSSR count). The fourth-order valence-electron chi connectivity index (χ4n) is 7.09. The van der Waals surface area contributed by atoms with Gasteiger partial charge in [-0.05, 0) is 80.6 Å². The molecule has 4 aliphatic rings. The summed E-state index contributed by atoms with van der Waals surface area (Å²) >= 11 is 0. The summed E-state index contributed by atoms with van der Waals surface area (Å²) in [5, 5.41) is 3.68. The summed E-state index contributed by atoms with van der Waals surface area (Å²) in [4.78, 5) is 0. The molecule has 0 heterocycles. The Morgan fingerprint density at radius 2 is 1.80 bits per heavy atom. The maximum absolute atomic E-state index is 5.43. The third kappa shape index (κ3) is 2.31. The van der Waals surface area contributed by atoms with Crippen molar-refractivity contribution in [3.05, 3.63) is 0 Å². The zero-order chi connectivity index (χ0) is 14.4. The van der Waals surface area contributed by atoms with E-state index in [4.69, 9.17) is 6.42 Å². The Kier molecular flexibility index (Phi) is 3.45. The molecule has 4 aliphatic carbocycles. The van der Waals surface area contributed by atoms with Crippen LogP contribution in [-0.2, 0) is 0 Å². The van der Waals surface area contributed by atoms with E-state index >= 15 is 0 Å². The van der Waals surface area contributed by atoms with Crippen molar-refractivity contribution in [3.8, 4) is 12.3 Å². The standard InChI is InChI=1S/C19H31N/c1-5-6-7-8-16(20-4)19-11-15-9-17(2,13-19)12-18(3,10-15)14-19/h1,15-16,20H,6-14H2,2-4H3. The molecule has 1 nitrogen and oxygen atoms in total. The number of nitrogens with one attached hydrogen (secondary N) is 1. The van der Waals surface area contributed by atoms with Gasteiger partial charge >= 0.3 is 0 Å². The third-order valence-corrected chi connectivity index (χ3v) is 6.57. The van der Waals surface area contributed by atoms with Gasteiger partial charge in [0, 0.05) is 12.5 Å². The first-order valence-corrected chi connectivity index (χ1v) is 8.53. The second kappa shape index (κ2) is 4.77. The molecule has 0 saturated heterocycles. The van der Waals surface area contributed by atoms with Crippen LogP contribution in [0.3, 0.4) is 0 Å². The van der Waals surface area contributed by atoms with Crippen LogP contribution in [0.2, 0.25) is 0 Å². The molecular formula is C19H31N. The van der Waals surface area contributed by atoms with Gasteiger partial charge in [-0.25, -0.2) is 0 Å². The number of rotatable bonds is 5. The Morgan fingerprint density at radius 3 is 2.30 bits per heavy atom. The number of terminal acetylenes is 1. The van der Waals surface area contributed by atoms with Gasteiger partial charge in [-0.2, -0.15) is 0 Å². The fraction of sp³-hybridized carbons (Fsp3) is 0.895. The summed E-state index contributed by atoms with van der Waals surface area (Å²) in [6.45, 7) is 5.14. The molecule has 3 atom stereocenters. The van der Waals surface area contributed by atoms with Gasteiger partial charge in [0.1, 0.15) is 0 Å². The Hall–Kier alpha value is -0.480. The molecule has 0 spiro atoms. The topological polar surface area (TPSA) is 12.0 Å². The van der Waals surface area contributed by atoms with Gasteiger partial charge in [0.2, 0.25) is 0 Å². The molecule has 112 valence electrons. The van der Waals surface area contributed by atoms with Crippen molar-refractivity contribution in [2.45, 2.75) is 77.7 Å². The Morgan fingerprint density at radius 1 is 1.15 bits per heavy atom. The van der Waals surface area contributed by atoms with Gasteiger partial charge in [0.25, 0.3) is 0 Å². The lowest BCUT2D eigenvalue weighted by Crippen LogP contribution is -2.61. The molecule has 3 unspecified atom stereocenters. The lowest BCUT2D eigenvalue weighted by molar-refractivity contribution is -0.158. The largest absolute Gasteiger partial charge is 0.316 e. The quantitative estimate of drug-likeness (QED) is 0.579. The van der Waals surface area contributed by atoms with E-state index in [0.717, 1.165) is 12.3 Å². The summed E-state index contributed by atoms with van der Waals surface area (Å²) < 4.78 is 0. The van der Waals surface area contributed by atoms with Gasteiger partial charge < -0.3 is 5.32 Å². The van der Waals surface area contributed by atoms with Gasteiger partial charge in [0.15, 0.2) is 0 Å². The van der Waals surface area contributed by atoms with Crippen LogP contribution in [0.1, 0.15) is 71.6 Å². The second-order valence-corrected chi connectivity index (χ2v) is 8.93. The molecule has 0 aromatic rings. The van der Waals surface area contributed by atoms with E-state index in [1.807, 2.05) is 0 Å². The predicted molar refractivity (Wildman–Crippen MR) is 85.4 cm³/mol. The van der Waals surface area contributed by atoms with Crippen molar-refractivity contribution in [1.82, 2.24) is 5.32 Å². The first-order chi connectivity index (χ1) is 9.43. The van der Waals surface area contributed by atoms with Crippen LogP contribution in [0.15, 0.2) is 0 Å². The van der Waals surface area contributed by atoms with Crippen LogP contribution in [0, 0.1) is 34.5 Å². The van der Waals surface area contributed by atoms with Crippen molar-refractivity contribution in [2.24, 2.45) is 22.2 Å². The minimum atomic E-state index is 0.562. The summed E-state index contributed by atoms with van der Waals surface area (Å²) in [5.41, 5.74) is 1.80. The van der Waals surface area contributed by atoms with Crippen LogP contribution >= 0.6 is 0 Å². The Bertz CT molecular complexity index is 400. The highest BCUT2D eigenvalue weighted by molar-refractivity contribution is 5.13. The SMILES string of the molecule is C#CCCCC(NC)C12CC3CC(C)(CC(C)(C3)C1)C2. The summed E-state index contributed by atoms with van der Waals surface area (Å²) in [7, 11) is 2.17. The molecule has 0 radical (unpaired) electrons. The number of hydrogen-bond donors (Lipinski definition) is 1. The smallest absolute Gasteiger partial charge is 0.0121 e. The average Bonchev–Trinajstić information content (AvgIpc) is 2.29. The van der Waals surface area contributed by atoms with E-state index in [-0.39, 0.29) is 0 Å². The molecule has 0 aliphatic heterocycles. The molecule has 1 heteroatoms. The van der Waals surface area contributed by atoms with Crippen molar-refractivity contribution in [3.63, 3.8) is 0 Å². The first-order valence-electron chi connectivity index (χ1n) is 8.53. The van der Waals surface area contributed by atoms with Gasteiger partial charge in [0.05, 0.1) is 0 Å². The minimum Gasteiger partial charge on any atom is -0.316 e. The molecule has 1 N–H and O–H groups in total. The summed E-state index contributed by atoms with van der Waals surface area (Å²) in [6, 6.07) is 0.679. The highest BCUT2D eigenvalue weighted by Gasteiger charge is 2.61. The van der Waals surface area contributed by atoms with Crippen LogP contribution < -0.4 is 5.32 Å². The predicted octanol–water partition coefficient (Wildman–Crippen LogP) is 4.37. The minimum absolute atomic E-state index is 0.562. The lowest BCUT2D eigenvalue weighted by atomic mass is 9.39. The molecular weight excluding hydrogens is 242 g/mol. The van der Waals surface area contributed by atoms with Gasteiger partial charge in [-0.3, -0.25) is 0 Å². The van der Waals surface area contributed by atoms with Crippen LogP contribution in [-0.4, -0.2) is 13.1 Å². The van der Waals surface area contributed by atoms with E-state index in [2.05, 4.69) is 32.1 Å². The molecule has 4 saturated carbocycles. The van der Waals surface area contributed by atoms with Crippen LogP contribution in [0.5, 0.6) is 0 Å². The molecule has 4 bridgehead atoms. The number of hydrogen-bond acceptors (Lipinski definition) is 1. The third-order valence-electron chi connectivity index (χ3n) is 6.57.